The largest absolute Gasteiger partial charge is 0.756 e. The summed E-state index contributed by atoms with van der Waals surface area (Å²) in [6, 6.07) is 0. The molecule has 9 nitrogen and oxygen atoms in total. The Labute approximate surface area is 343 Å². The summed E-state index contributed by atoms with van der Waals surface area (Å²) in [5.74, 6) is -0.932. The SMILES string of the molecule is CCCCC/C=C\C/C=C\C/C=C\C/C=C\C/C=C\CCC(=O)OC(COC(=O)CCCCCCCCCCCCCCC)COP(=O)([O-])OCC[N+](C)(C)C. The van der Waals surface area contributed by atoms with E-state index in [0.29, 0.717) is 17.4 Å². The molecule has 0 aliphatic heterocycles. The summed E-state index contributed by atoms with van der Waals surface area (Å²) in [6.45, 7) is 4.10. The third-order valence-electron chi connectivity index (χ3n) is 9.05. The number of unbranched alkanes of at least 4 members (excludes halogenated alkanes) is 15. The smallest absolute Gasteiger partial charge is 0.306 e. The molecule has 0 aromatic carbocycles. The van der Waals surface area contributed by atoms with Crippen molar-refractivity contribution in [1.82, 2.24) is 0 Å². The molecule has 0 radical (unpaired) electrons. The molecular formula is C46H82NO8P. The number of quaternary nitrogens is 1. The highest BCUT2D eigenvalue weighted by Crippen LogP contribution is 2.38. The number of phosphoric acid groups is 1. The van der Waals surface area contributed by atoms with E-state index in [9.17, 15) is 19.0 Å². The number of carbonyl (C=O) groups excluding carboxylic acids is 2. The molecule has 0 aliphatic rings. The number of esters is 2. The highest BCUT2D eigenvalue weighted by atomic mass is 31.2. The van der Waals surface area contributed by atoms with Crippen LogP contribution in [0.2, 0.25) is 0 Å². The Morgan fingerprint density at radius 2 is 1.00 bits per heavy atom. The number of likely N-dealkylation sites (N-methyl/N-ethyl adjacent to an activating group) is 1. The fourth-order valence-electron chi connectivity index (χ4n) is 5.58. The van der Waals surface area contributed by atoms with Crippen LogP contribution < -0.4 is 4.89 Å². The summed E-state index contributed by atoms with van der Waals surface area (Å²) in [4.78, 5) is 37.5. The molecule has 0 rings (SSSR count). The highest BCUT2D eigenvalue weighted by molar-refractivity contribution is 7.45. The van der Waals surface area contributed by atoms with Gasteiger partial charge in [0.1, 0.15) is 19.8 Å². The second kappa shape index (κ2) is 38.2. The average Bonchev–Trinajstić information content (AvgIpc) is 3.15. The van der Waals surface area contributed by atoms with Gasteiger partial charge in [0.15, 0.2) is 6.10 Å². The Bertz CT molecular complexity index is 1140. The van der Waals surface area contributed by atoms with Crippen LogP contribution >= 0.6 is 7.82 Å². The van der Waals surface area contributed by atoms with Gasteiger partial charge in [-0.3, -0.25) is 14.2 Å². The van der Waals surface area contributed by atoms with Crippen molar-refractivity contribution in [2.24, 2.45) is 0 Å². The number of phosphoric ester groups is 1. The molecule has 0 aromatic heterocycles. The minimum absolute atomic E-state index is 0.0454. The fourth-order valence-corrected chi connectivity index (χ4v) is 6.31. The summed E-state index contributed by atoms with van der Waals surface area (Å²) in [6.07, 6.45) is 45.5. The van der Waals surface area contributed by atoms with E-state index in [0.717, 1.165) is 44.9 Å². The zero-order valence-electron chi connectivity index (χ0n) is 36.3. The summed E-state index contributed by atoms with van der Waals surface area (Å²) in [7, 11) is 1.12. The molecule has 0 saturated heterocycles. The van der Waals surface area contributed by atoms with Crippen molar-refractivity contribution in [2.45, 2.75) is 174 Å². The third-order valence-corrected chi connectivity index (χ3v) is 10.0. The van der Waals surface area contributed by atoms with E-state index in [4.69, 9.17) is 18.5 Å². The van der Waals surface area contributed by atoms with Gasteiger partial charge in [-0.1, -0.05) is 164 Å². The first kappa shape index (κ1) is 53.7. The van der Waals surface area contributed by atoms with Crippen molar-refractivity contribution >= 4 is 19.8 Å². The summed E-state index contributed by atoms with van der Waals surface area (Å²) < 4.78 is 33.8. The zero-order chi connectivity index (χ0) is 41.4. The monoisotopic (exact) mass is 808 g/mol. The van der Waals surface area contributed by atoms with Crippen molar-refractivity contribution in [3.8, 4) is 0 Å². The van der Waals surface area contributed by atoms with E-state index < -0.39 is 32.5 Å². The van der Waals surface area contributed by atoms with Crippen molar-refractivity contribution < 1.29 is 42.1 Å². The Balaban J connectivity index is 4.50. The lowest BCUT2D eigenvalue weighted by atomic mass is 10.0. The topological polar surface area (TPSA) is 111 Å². The van der Waals surface area contributed by atoms with E-state index >= 15 is 0 Å². The normalized spacial score (nSPS) is 14.2. The second-order valence-corrected chi connectivity index (χ2v) is 17.1. The molecule has 0 bridgehead atoms. The quantitative estimate of drug-likeness (QED) is 0.0198. The van der Waals surface area contributed by atoms with Crippen molar-refractivity contribution in [1.29, 1.82) is 0 Å². The number of ether oxygens (including phenoxy) is 2. The maximum Gasteiger partial charge on any atom is 0.306 e. The molecule has 0 saturated carbocycles. The molecule has 10 heteroatoms. The first-order valence-electron chi connectivity index (χ1n) is 22.0. The van der Waals surface area contributed by atoms with Gasteiger partial charge in [0.05, 0.1) is 27.7 Å². The Kier molecular flexibility index (Phi) is 36.7. The molecule has 0 heterocycles. The average molecular weight is 808 g/mol. The van der Waals surface area contributed by atoms with Gasteiger partial charge in [0, 0.05) is 12.8 Å². The number of nitrogens with zero attached hydrogens (tertiary/aromatic N) is 1. The van der Waals surface area contributed by atoms with Gasteiger partial charge in [-0.15, -0.1) is 0 Å². The highest BCUT2D eigenvalue weighted by Gasteiger charge is 2.21. The fraction of sp³-hybridized carbons (Fsp3) is 0.739. The van der Waals surface area contributed by atoms with Gasteiger partial charge in [-0.25, -0.2) is 0 Å². The number of allylic oxidation sites excluding steroid dienone is 10. The van der Waals surface area contributed by atoms with Crippen LogP contribution in [0.5, 0.6) is 0 Å². The summed E-state index contributed by atoms with van der Waals surface area (Å²) in [5.41, 5.74) is 0. The van der Waals surface area contributed by atoms with Crippen LogP contribution in [0.15, 0.2) is 60.8 Å². The van der Waals surface area contributed by atoms with E-state index in [1.807, 2.05) is 33.3 Å². The van der Waals surface area contributed by atoms with E-state index in [-0.39, 0.29) is 26.1 Å². The Hall–Kier alpha value is -2.29. The summed E-state index contributed by atoms with van der Waals surface area (Å²) >= 11 is 0. The molecule has 0 N–H and O–H groups in total. The lowest BCUT2D eigenvalue weighted by Gasteiger charge is -2.28. The first-order valence-corrected chi connectivity index (χ1v) is 23.5. The van der Waals surface area contributed by atoms with E-state index in [1.54, 1.807) is 0 Å². The standard InChI is InChI=1S/C46H82NO8P/c1-6-8-10-12-14-16-18-20-21-22-23-24-25-27-29-31-33-35-37-39-46(49)55-44(43-54-56(50,51)53-41-40-47(3,4)5)42-52-45(48)38-36-34-32-30-28-26-19-17-15-13-11-9-7-2/h14,16,20-21,23-24,27,29,33,35,44H,6-13,15,17-19,22,25-26,28,30-32,34,36-43H2,1-5H3/b16-14-,21-20-,24-23-,29-27-,35-33-. The summed E-state index contributed by atoms with van der Waals surface area (Å²) in [5, 5.41) is 0. The predicted octanol–water partition coefficient (Wildman–Crippen LogP) is 11.8. The Morgan fingerprint density at radius 1 is 0.554 bits per heavy atom. The molecule has 0 amide bonds. The molecule has 2 atom stereocenters. The molecule has 324 valence electrons. The van der Waals surface area contributed by atoms with Crippen LogP contribution in [-0.2, 0) is 32.7 Å². The van der Waals surface area contributed by atoms with Crippen LogP contribution in [0, 0.1) is 0 Å². The zero-order valence-corrected chi connectivity index (χ0v) is 37.2. The molecule has 0 spiro atoms. The van der Waals surface area contributed by atoms with Crippen molar-refractivity contribution in [2.75, 3.05) is 47.5 Å². The number of hydrogen-bond acceptors (Lipinski definition) is 8. The minimum Gasteiger partial charge on any atom is -0.756 e. The van der Waals surface area contributed by atoms with E-state index in [1.165, 1.54) is 89.9 Å². The number of hydrogen-bond donors (Lipinski definition) is 0. The van der Waals surface area contributed by atoms with Gasteiger partial charge >= 0.3 is 11.9 Å². The van der Waals surface area contributed by atoms with Crippen LogP contribution in [-0.4, -0.2) is 70.0 Å². The van der Waals surface area contributed by atoms with Gasteiger partial charge in [-0.2, -0.15) is 0 Å². The van der Waals surface area contributed by atoms with Gasteiger partial charge in [0.25, 0.3) is 7.82 Å². The van der Waals surface area contributed by atoms with Crippen LogP contribution in [0.3, 0.4) is 0 Å². The van der Waals surface area contributed by atoms with Gasteiger partial charge in [0.2, 0.25) is 0 Å². The van der Waals surface area contributed by atoms with E-state index in [2.05, 4.69) is 62.5 Å². The molecule has 0 aromatic rings. The molecule has 2 unspecified atom stereocenters. The lowest BCUT2D eigenvalue weighted by Crippen LogP contribution is -2.37. The minimum atomic E-state index is -4.64. The second-order valence-electron chi connectivity index (χ2n) is 15.7. The van der Waals surface area contributed by atoms with Crippen LogP contribution in [0.1, 0.15) is 168 Å². The Morgan fingerprint density at radius 3 is 1.50 bits per heavy atom. The van der Waals surface area contributed by atoms with Crippen molar-refractivity contribution in [3.05, 3.63) is 60.8 Å². The van der Waals surface area contributed by atoms with Crippen molar-refractivity contribution in [3.63, 3.8) is 0 Å². The maximum absolute atomic E-state index is 12.6. The molecular weight excluding hydrogens is 725 g/mol. The maximum atomic E-state index is 12.6. The molecule has 0 aliphatic carbocycles. The van der Waals surface area contributed by atoms with Gasteiger partial charge < -0.3 is 27.9 Å². The number of carbonyl (C=O) groups is 2. The first-order chi connectivity index (χ1) is 27.0. The van der Waals surface area contributed by atoms with Crippen LogP contribution in [0.4, 0.5) is 0 Å². The molecule has 0 fully saturated rings. The van der Waals surface area contributed by atoms with Crippen LogP contribution in [0.25, 0.3) is 0 Å². The predicted molar refractivity (Wildman–Crippen MR) is 231 cm³/mol. The molecule has 56 heavy (non-hydrogen) atoms. The third kappa shape index (κ3) is 41.3. The van der Waals surface area contributed by atoms with Gasteiger partial charge in [-0.05, 0) is 51.4 Å². The lowest BCUT2D eigenvalue weighted by molar-refractivity contribution is -0.870. The number of rotatable bonds is 39.